The van der Waals surface area contributed by atoms with Crippen LogP contribution < -0.4 is 0 Å². The number of ether oxygens (including phenoxy) is 4. The molecule has 0 heterocycles. The van der Waals surface area contributed by atoms with Crippen molar-refractivity contribution in [3.05, 3.63) is 6.92 Å². The number of hydrogen-bond donors (Lipinski definition) is 0. The van der Waals surface area contributed by atoms with Crippen molar-refractivity contribution in [2.45, 2.75) is 130 Å². The first kappa shape index (κ1) is 36.8. The molecule has 0 saturated carbocycles. The molecule has 0 bridgehead atoms. The van der Waals surface area contributed by atoms with Gasteiger partial charge in [-0.15, -0.1) is 0 Å². The Balaban J connectivity index is 4.22. The van der Waals surface area contributed by atoms with E-state index in [1.807, 2.05) is 0 Å². The van der Waals surface area contributed by atoms with Crippen molar-refractivity contribution >= 4 is 11.9 Å². The Labute approximate surface area is 234 Å². The van der Waals surface area contributed by atoms with Crippen molar-refractivity contribution in [1.82, 2.24) is 4.90 Å². The predicted octanol–water partition coefficient (Wildman–Crippen LogP) is 7.12. The minimum absolute atomic E-state index is 0.129. The van der Waals surface area contributed by atoms with Gasteiger partial charge in [-0.05, 0) is 32.9 Å². The summed E-state index contributed by atoms with van der Waals surface area (Å²) in [6.45, 7) is 16.6. The van der Waals surface area contributed by atoms with E-state index >= 15 is 0 Å². The molecule has 0 saturated heterocycles. The summed E-state index contributed by atoms with van der Waals surface area (Å²) in [5.41, 5.74) is 0. The maximum atomic E-state index is 12.3. The van der Waals surface area contributed by atoms with Crippen molar-refractivity contribution < 1.29 is 28.5 Å². The average Bonchev–Trinajstić information content (AvgIpc) is 2.92. The summed E-state index contributed by atoms with van der Waals surface area (Å²) >= 11 is 0. The largest absolute Gasteiger partial charge is 0.465 e. The molecule has 0 aromatic heterocycles. The number of rotatable bonds is 28. The normalized spacial score (nSPS) is 12.3. The molecule has 7 nitrogen and oxygen atoms in total. The van der Waals surface area contributed by atoms with Crippen LogP contribution in [0.15, 0.2) is 0 Å². The van der Waals surface area contributed by atoms with E-state index in [1.54, 1.807) is 0 Å². The van der Waals surface area contributed by atoms with E-state index in [2.05, 4.69) is 39.5 Å². The van der Waals surface area contributed by atoms with Gasteiger partial charge < -0.3 is 23.8 Å². The second-order valence-electron chi connectivity index (χ2n) is 10.3. The van der Waals surface area contributed by atoms with Gasteiger partial charge in [-0.1, -0.05) is 91.9 Å². The van der Waals surface area contributed by atoms with Crippen molar-refractivity contribution in [2.75, 3.05) is 46.1 Å². The molecule has 7 heteroatoms. The SMILES string of the molecule is [CH2]C(COC(=O)CCC(OCCCCCCCC)OCCCCCCCC)COC(=O)CCN(CC)CC. The lowest BCUT2D eigenvalue weighted by Crippen LogP contribution is -2.27. The molecule has 0 aromatic carbocycles. The standard InChI is InChI=1S/C31H60NO6/c1-6-10-12-14-16-18-24-35-31(36-25-19-17-15-13-11-7-2)21-20-29(33)37-26-28(5)27-38-30(34)22-23-32(8-3)9-4/h28,31H,5-27H2,1-4H3. The van der Waals surface area contributed by atoms with Gasteiger partial charge in [0, 0.05) is 32.1 Å². The van der Waals surface area contributed by atoms with Crippen LogP contribution in [0.1, 0.15) is 124 Å². The fourth-order valence-electron chi connectivity index (χ4n) is 4.05. The van der Waals surface area contributed by atoms with Gasteiger partial charge in [-0.25, -0.2) is 0 Å². The van der Waals surface area contributed by atoms with Crippen molar-refractivity contribution in [1.29, 1.82) is 0 Å². The summed E-state index contributed by atoms with van der Waals surface area (Å²) in [6.07, 6.45) is 15.2. The first-order valence-corrected chi connectivity index (χ1v) is 15.6. The van der Waals surface area contributed by atoms with Gasteiger partial charge in [-0.3, -0.25) is 9.59 Å². The molecule has 38 heavy (non-hydrogen) atoms. The van der Waals surface area contributed by atoms with E-state index in [0.717, 1.165) is 38.8 Å². The molecule has 0 N–H and O–H groups in total. The third-order valence-electron chi connectivity index (χ3n) is 6.67. The van der Waals surface area contributed by atoms with Gasteiger partial charge in [0.2, 0.25) is 0 Å². The number of nitrogens with zero attached hydrogens (tertiary/aromatic N) is 1. The zero-order chi connectivity index (χ0) is 28.3. The van der Waals surface area contributed by atoms with Crippen LogP contribution in [0.3, 0.4) is 0 Å². The monoisotopic (exact) mass is 542 g/mol. The Hall–Kier alpha value is -1.18. The zero-order valence-electron chi connectivity index (χ0n) is 25.3. The van der Waals surface area contributed by atoms with Crippen LogP contribution in [-0.2, 0) is 28.5 Å². The van der Waals surface area contributed by atoms with Crippen LogP contribution in [0.2, 0.25) is 0 Å². The summed E-state index contributed by atoms with van der Waals surface area (Å²) < 4.78 is 22.6. The lowest BCUT2D eigenvalue weighted by Gasteiger charge is -2.19. The lowest BCUT2D eigenvalue weighted by molar-refractivity contribution is -0.160. The smallest absolute Gasteiger partial charge is 0.307 e. The van der Waals surface area contributed by atoms with Crippen LogP contribution in [-0.4, -0.2) is 69.2 Å². The summed E-state index contributed by atoms with van der Waals surface area (Å²) in [6, 6.07) is 0. The molecule has 0 aliphatic carbocycles. The molecule has 1 radical (unpaired) electrons. The van der Waals surface area contributed by atoms with Crippen LogP contribution >= 0.6 is 0 Å². The quantitative estimate of drug-likeness (QED) is 0.0592. The van der Waals surface area contributed by atoms with Gasteiger partial charge in [-0.2, -0.15) is 0 Å². The second-order valence-corrected chi connectivity index (χ2v) is 10.3. The highest BCUT2D eigenvalue weighted by Crippen LogP contribution is 2.12. The van der Waals surface area contributed by atoms with Crippen LogP contribution in [0.5, 0.6) is 0 Å². The lowest BCUT2D eigenvalue weighted by atomic mass is 10.1. The maximum Gasteiger partial charge on any atom is 0.307 e. The molecule has 0 spiro atoms. The predicted molar refractivity (Wildman–Crippen MR) is 155 cm³/mol. The van der Waals surface area contributed by atoms with Gasteiger partial charge in [0.25, 0.3) is 0 Å². The molecule has 0 fully saturated rings. The van der Waals surface area contributed by atoms with E-state index in [0.29, 0.717) is 32.6 Å². The molecule has 1 atom stereocenters. The van der Waals surface area contributed by atoms with Crippen LogP contribution in [0.25, 0.3) is 0 Å². The fourth-order valence-corrected chi connectivity index (χ4v) is 4.05. The highest BCUT2D eigenvalue weighted by atomic mass is 16.7. The average molecular weight is 543 g/mol. The third kappa shape index (κ3) is 23.9. The van der Waals surface area contributed by atoms with Gasteiger partial charge >= 0.3 is 11.9 Å². The number of carbonyl (C=O) groups is 2. The molecule has 0 amide bonds. The Morgan fingerprint density at radius 2 is 1.11 bits per heavy atom. The van der Waals surface area contributed by atoms with Crippen LogP contribution in [0, 0.1) is 12.8 Å². The Morgan fingerprint density at radius 3 is 1.58 bits per heavy atom. The Bertz CT molecular complexity index is 522. The molecule has 0 aliphatic heterocycles. The topological polar surface area (TPSA) is 74.3 Å². The number of carbonyl (C=O) groups excluding carboxylic acids is 2. The molecule has 0 aromatic rings. The van der Waals surface area contributed by atoms with Crippen molar-refractivity contribution in [2.24, 2.45) is 5.92 Å². The minimum atomic E-state index is -0.379. The first-order valence-electron chi connectivity index (χ1n) is 15.6. The highest BCUT2D eigenvalue weighted by Gasteiger charge is 2.15. The fraction of sp³-hybridized carbons (Fsp3) is 0.903. The summed E-state index contributed by atoms with van der Waals surface area (Å²) in [5, 5.41) is 0. The van der Waals surface area contributed by atoms with E-state index in [1.165, 1.54) is 51.4 Å². The minimum Gasteiger partial charge on any atom is -0.465 e. The summed E-state index contributed by atoms with van der Waals surface area (Å²) in [7, 11) is 0. The molecular formula is C31H60NO6. The van der Waals surface area contributed by atoms with E-state index in [9.17, 15) is 9.59 Å². The molecule has 0 rings (SSSR count). The van der Waals surface area contributed by atoms with Gasteiger partial charge in [0.1, 0.15) is 0 Å². The van der Waals surface area contributed by atoms with E-state index in [-0.39, 0.29) is 43.8 Å². The second kappa shape index (κ2) is 27.4. The summed E-state index contributed by atoms with van der Waals surface area (Å²) in [5.74, 6) is -0.840. The molecule has 225 valence electrons. The van der Waals surface area contributed by atoms with E-state index in [4.69, 9.17) is 18.9 Å². The summed E-state index contributed by atoms with van der Waals surface area (Å²) in [4.78, 5) is 26.4. The van der Waals surface area contributed by atoms with Crippen molar-refractivity contribution in [3.8, 4) is 0 Å². The molecule has 1 unspecified atom stereocenters. The van der Waals surface area contributed by atoms with Crippen molar-refractivity contribution in [3.63, 3.8) is 0 Å². The number of unbranched alkanes of at least 4 members (excludes halogenated alkanes) is 10. The van der Waals surface area contributed by atoms with Gasteiger partial charge in [0.05, 0.1) is 26.1 Å². The maximum absolute atomic E-state index is 12.3. The first-order chi connectivity index (χ1) is 18.5. The number of esters is 2. The molecular weight excluding hydrogens is 482 g/mol. The Morgan fingerprint density at radius 1 is 0.658 bits per heavy atom. The number of hydrogen-bond acceptors (Lipinski definition) is 7. The third-order valence-corrected chi connectivity index (χ3v) is 6.67. The van der Waals surface area contributed by atoms with Gasteiger partial charge in [0.15, 0.2) is 6.29 Å². The van der Waals surface area contributed by atoms with E-state index < -0.39 is 0 Å². The highest BCUT2D eigenvalue weighted by molar-refractivity contribution is 5.70. The van der Waals surface area contributed by atoms with Crippen LogP contribution in [0.4, 0.5) is 0 Å². The Kier molecular flexibility index (Phi) is 26.5. The zero-order valence-corrected chi connectivity index (χ0v) is 25.3. The molecule has 0 aliphatic rings.